The minimum atomic E-state index is -0.361. The fraction of sp³-hybridized carbons (Fsp3) is 0.294. The maximum atomic E-state index is 13.0. The number of rotatable bonds is 7. The minimum absolute atomic E-state index is 0.255. The van der Waals surface area contributed by atoms with Crippen molar-refractivity contribution in [1.82, 2.24) is 5.32 Å². The predicted molar refractivity (Wildman–Crippen MR) is 86.1 cm³/mol. The van der Waals surface area contributed by atoms with Crippen LogP contribution >= 0.6 is 11.6 Å². The molecule has 118 valence electrons. The molecule has 0 atom stereocenters. The largest absolute Gasteiger partial charge is 0.490 e. The van der Waals surface area contributed by atoms with Gasteiger partial charge in [-0.05, 0) is 43.8 Å². The molecule has 2 aromatic rings. The Morgan fingerprint density at radius 2 is 1.91 bits per heavy atom. The second kappa shape index (κ2) is 8.01. The van der Waals surface area contributed by atoms with Crippen molar-refractivity contribution in [3.05, 3.63) is 58.4 Å². The molecule has 0 aliphatic rings. The third-order valence-electron chi connectivity index (χ3n) is 3.09. The van der Waals surface area contributed by atoms with Gasteiger partial charge < -0.3 is 14.8 Å². The zero-order chi connectivity index (χ0) is 15.9. The van der Waals surface area contributed by atoms with Gasteiger partial charge in [0.15, 0.2) is 11.5 Å². The van der Waals surface area contributed by atoms with Crippen LogP contribution in [-0.4, -0.2) is 13.7 Å². The van der Waals surface area contributed by atoms with Crippen LogP contribution in [0.15, 0.2) is 36.4 Å². The first-order valence-electron chi connectivity index (χ1n) is 7.11. The summed E-state index contributed by atoms with van der Waals surface area (Å²) in [4.78, 5) is 0. The van der Waals surface area contributed by atoms with Crippen LogP contribution in [0.1, 0.15) is 18.1 Å². The molecule has 0 saturated carbocycles. The van der Waals surface area contributed by atoms with Crippen LogP contribution in [0.3, 0.4) is 0 Å². The number of nitrogens with one attached hydrogen (secondary N) is 1. The highest BCUT2D eigenvalue weighted by molar-refractivity contribution is 6.31. The molecule has 22 heavy (non-hydrogen) atoms. The van der Waals surface area contributed by atoms with E-state index >= 15 is 0 Å². The summed E-state index contributed by atoms with van der Waals surface area (Å²) in [6, 6.07) is 10.1. The highest BCUT2D eigenvalue weighted by Gasteiger charge is 2.08. The summed E-state index contributed by atoms with van der Waals surface area (Å²) >= 11 is 6.00. The monoisotopic (exact) mass is 323 g/mol. The fourth-order valence-corrected chi connectivity index (χ4v) is 2.27. The second-order valence-electron chi connectivity index (χ2n) is 4.77. The summed E-state index contributed by atoms with van der Waals surface area (Å²) in [5, 5.41) is 3.45. The molecule has 0 fully saturated rings. The van der Waals surface area contributed by atoms with Crippen LogP contribution in [0.25, 0.3) is 0 Å². The van der Waals surface area contributed by atoms with Gasteiger partial charge in [0, 0.05) is 12.1 Å². The molecule has 0 saturated heterocycles. The summed E-state index contributed by atoms with van der Waals surface area (Å²) in [5.41, 5.74) is 1.84. The van der Waals surface area contributed by atoms with Crippen molar-refractivity contribution in [1.29, 1.82) is 0 Å². The molecular formula is C17H19ClFNO2. The number of benzene rings is 2. The maximum absolute atomic E-state index is 13.0. The lowest BCUT2D eigenvalue weighted by Gasteiger charge is -2.14. The lowest BCUT2D eigenvalue weighted by Crippen LogP contribution is -2.06. The number of ether oxygens (including phenoxy) is 2. The van der Waals surface area contributed by atoms with Gasteiger partial charge in [0.25, 0.3) is 0 Å². The molecule has 0 aromatic heterocycles. The first-order valence-corrected chi connectivity index (χ1v) is 7.49. The summed E-state index contributed by atoms with van der Waals surface area (Å²) < 4.78 is 24.4. The van der Waals surface area contributed by atoms with E-state index < -0.39 is 0 Å². The van der Waals surface area contributed by atoms with Crippen molar-refractivity contribution in [3.63, 3.8) is 0 Å². The van der Waals surface area contributed by atoms with Gasteiger partial charge in [-0.25, -0.2) is 4.39 Å². The first-order chi connectivity index (χ1) is 10.6. The first kappa shape index (κ1) is 16.6. The molecular weight excluding hydrogens is 305 g/mol. The summed E-state index contributed by atoms with van der Waals surface area (Å²) in [5.74, 6) is 0.968. The normalized spacial score (nSPS) is 10.5. The Hall–Kier alpha value is -1.78. The Bertz CT molecular complexity index is 634. The Balaban J connectivity index is 2.14. The SMILES string of the molecule is CCOc1cc(CNC)ccc1OCc1ccc(F)cc1Cl. The predicted octanol–water partition coefficient (Wildman–Crippen LogP) is 4.18. The Labute approximate surface area is 135 Å². The number of hydrogen-bond acceptors (Lipinski definition) is 3. The lowest BCUT2D eigenvalue weighted by atomic mass is 10.2. The molecule has 0 aliphatic carbocycles. The van der Waals surface area contributed by atoms with Crippen LogP contribution in [0.4, 0.5) is 4.39 Å². The van der Waals surface area contributed by atoms with Gasteiger partial charge in [0.2, 0.25) is 0 Å². The van der Waals surface area contributed by atoms with Crippen LogP contribution in [-0.2, 0) is 13.2 Å². The molecule has 0 heterocycles. The molecule has 0 unspecified atom stereocenters. The van der Waals surface area contributed by atoms with E-state index in [9.17, 15) is 4.39 Å². The van der Waals surface area contributed by atoms with Gasteiger partial charge in [-0.15, -0.1) is 0 Å². The van der Waals surface area contributed by atoms with Gasteiger partial charge in [0.05, 0.1) is 11.6 Å². The van der Waals surface area contributed by atoms with E-state index in [0.29, 0.717) is 23.1 Å². The van der Waals surface area contributed by atoms with E-state index in [4.69, 9.17) is 21.1 Å². The van der Waals surface area contributed by atoms with Crippen LogP contribution < -0.4 is 14.8 Å². The maximum Gasteiger partial charge on any atom is 0.161 e. The van der Waals surface area contributed by atoms with Crippen molar-refractivity contribution in [2.75, 3.05) is 13.7 Å². The molecule has 5 heteroatoms. The van der Waals surface area contributed by atoms with Crippen molar-refractivity contribution in [3.8, 4) is 11.5 Å². The summed E-state index contributed by atoms with van der Waals surface area (Å²) in [7, 11) is 1.89. The number of halogens is 2. The van der Waals surface area contributed by atoms with Gasteiger partial charge in [-0.2, -0.15) is 0 Å². The van der Waals surface area contributed by atoms with Crippen molar-refractivity contribution >= 4 is 11.6 Å². The van der Waals surface area contributed by atoms with E-state index in [1.807, 2.05) is 32.2 Å². The standard InChI is InChI=1S/C17H19ClFNO2/c1-3-21-17-8-12(10-20-2)4-7-16(17)22-11-13-5-6-14(19)9-15(13)18/h4-9,20H,3,10-11H2,1-2H3. The third kappa shape index (κ3) is 4.36. The van der Waals surface area contributed by atoms with E-state index in [1.165, 1.54) is 12.1 Å². The summed E-state index contributed by atoms with van der Waals surface area (Å²) in [6.45, 7) is 3.48. The lowest BCUT2D eigenvalue weighted by molar-refractivity contribution is 0.269. The smallest absolute Gasteiger partial charge is 0.161 e. The molecule has 2 rings (SSSR count). The van der Waals surface area contributed by atoms with Crippen LogP contribution in [0, 0.1) is 5.82 Å². The molecule has 0 bridgehead atoms. The highest BCUT2D eigenvalue weighted by atomic mass is 35.5. The minimum Gasteiger partial charge on any atom is -0.490 e. The zero-order valence-corrected chi connectivity index (χ0v) is 13.4. The van der Waals surface area contributed by atoms with E-state index in [2.05, 4.69) is 5.32 Å². The quantitative estimate of drug-likeness (QED) is 0.829. The average molecular weight is 324 g/mol. The molecule has 0 aliphatic heterocycles. The van der Waals surface area contributed by atoms with Crippen LogP contribution in [0.5, 0.6) is 11.5 Å². The van der Waals surface area contributed by atoms with Crippen molar-refractivity contribution < 1.29 is 13.9 Å². The molecule has 0 radical (unpaired) electrons. The van der Waals surface area contributed by atoms with Crippen molar-refractivity contribution in [2.45, 2.75) is 20.1 Å². The molecule has 0 spiro atoms. The van der Waals surface area contributed by atoms with E-state index in [-0.39, 0.29) is 12.4 Å². The van der Waals surface area contributed by atoms with E-state index in [0.717, 1.165) is 17.7 Å². The van der Waals surface area contributed by atoms with Crippen LogP contribution in [0.2, 0.25) is 5.02 Å². The topological polar surface area (TPSA) is 30.5 Å². The van der Waals surface area contributed by atoms with Crippen molar-refractivity contribution in [2.24, 2.45) is 0 Å². The zero-order valence-electron chi connectivity index (χ0n) is 12.7. The second-order valence-corrected chi connectivity index (χ2v) is 5.18. The molecule has 3 nitrogen and oxygen atoms in total. The van der Waals surface area contributed by atoms with E-state index in [1.54, 1.807) is 6.07 Å². The van der Waals surface area contributed by atoms with Gasteiger partial charge in [0.1, 0.15) is 12.4 Å². The average Bonchev–Trinajstić information content (AvgIpc) is 2.49. The Kier molecular flexibility index (Phi) is 6.04. The molecule has 0 amide bonds. The molecule has 2 aromatic carbocycles. The highest BCUT2D eigenvalue weighted by Crippen LogP contribution is 2.30. The third-order valence-corrected chi connectivity index (χ3v) is 3.44. The van der Waals surface area contributed by atoms with Gasteiger partial charge in [-0.3, -0.25) is 0 Å². The number of hydrogen-bond donors (Lipinski definition) is 1. The Morgan fingerprint density at radius 1 is 1.09 bits per heavy atom. The summed E-state index contributed by atoms with van der Waals surface area (Å²) in [6.07, 6.45) is 0. The van der Waals surface area contributed by atoms with Gasteiger partial charge in [-0.1, -0.05) is 23.7 Å². The fourth-order valence-electron chi connectivity index (χ4n) is 2.05. The Morgan fingerprint density at radius 3 is 2.59 bits per heavy atom. The van der Waals surface area contributed by atoms with Gasteiger partial charge >= 0.3 is 0 Å². The molecule has 1 N–H and O–H groups in total.